The summed E-state index contributed by atoms with van der Waals surface area (Å²) in [7, 11) is -3.44. The molecule has 1 fully saturated rings. The lowest BCUT2D eigenvalue weighted by Gasteiger charge is -2.09. The second-order valence-corrected chi connectivity index (χ2v) is 9.24. The first-order valence-electron chi connectivity index (χ1n) is 7.09. The molecule has 1 aromatic rings. The van der Waals surface area contributed by atoms with Crippen LogP contribution in [0.4, 0.5) is 0 Å². The zero-order valence-corrected chi connectivity index (χ0v) is 15.2. The van der Waals surface area contributed by atoms with E-state index in [1.165, 1.54) is 11.3 Å². The Kier molecular flexibility index (Phi) is 6.64. The van der Waals surface area contributed by atoms with Crippen LogP contribution in [-0.2, 0) is 21.3 Å². The topological polar surface area (TPSA) is 67.4 Å². The summed E-state index contributed by atoms with van der Waals surface area (Å²) < 4.78 is 33.3. The number of halogens is 1. The Morgan fingerprint density at radius 2 is 2.33 bits per heavy atom. The third-order valence-corrected chi connectivity index (χ3v) is 7.13. The first kappa shape index (κ1) is 17.4. The average Bonchev–Trinajstić information content (AvgIpc) is 3.06. The van der Waals surface area contributed by atoms with E-state index in [0.717, 1.165) is 37.5 Å². The summed E-state index contributed by atoms with van der Waals surface area (Å²) in [6, 6.07) is 1.73. The molecule has 0 radical (unpaired) electrons. The first-order chi connectivity index (χ1) is 10.0. The molecule has 0 aliphatic carbocycles. The average molecular weight is 397 g/mol. The Hall–Kier alpha value is 0.01000. The van der Waals surface area contributed by atoms with Gasteiger partial charge in [0.15, 0.2) is 0 Å². The minimum absolute atomic E-state index is 0.336. The summed E-state index contributed by atoms with van der Waals surface area (Å²) >= 11 is 4.81. The van der Waals surface area contributed by atoms with Gasteiger partial charge in [-0.1, -0.05) is 6.92 Å². The highest BCUT2D eigenvalue weighted by molar-refractivity contribution is 9.11. The van der Waals surface area contributed by atoms with E-state index in [4.69, 9.17) is 4.74 Å². The molecule has 0 spiro atoms. The fourth-order valence-electron chi connectivity index (χ4n) is 2.20. The summed E-state index contributed by atoms with van der Waals surface area (Å²) in [4.78, 5) is 1.34. The van der Waals surface area contributed by atoms with Crippen molar-refractivity contribution in [3.05, 3.63) is 14.7 Å². The summed E-state index contributed by atoms with van der Waals surface area (Å²) in [5.74, 6) is 0.475. The van der Waals surface area contributed by atoms with Crippen molar-refractivity contribution in [2.75, 3.05) is 26.3 Å². The van der Waals surface area contributed by atoms with Crippen LogP contribution in [0.2, 0.25) is 0 Å². The van der Waals surface area contributed by atoms with Gasteiger partial charge in [-0.2, -0.15) is 0 Å². The minimum atomic E-state index is -3.44. The van der Waals surface area contributed by atoms with Crippen LogP contribution in [0.5, 0.6) is 0 Å². The molecule has 2 N–H and O–H groups in total. The van der Waals surface area contributed by atoms with Gasteiger partial charge in [0, 0.05) is 31.2 Å². The molecular weight excluding hydrogens is 376 g/mol. The van der Waals surface area contributed by atoms with Gasteiger partial charge in [0.1, 0.15) is 4.90 Å². The Labute approximate surface area is 138 Å². The van der Waals surface area contributed by atoms with Crippen LogP contribution in [0.15, 0.2) is 14.7 Å². The van der Waals surface area contributed by atoms with Crippen molar-refractivity contribution < 1.29 is 13.2 Å². The minimum Gasteiger partial charge on any atom is -0.381 e. The Morgan fingerprint density at radius 3 is 3.00 bits per heavy atom. The molecule has 0 saturated carbocycles. The van der Waals surface area contributed by atoms with Crippen LogP contribution >= 0.6 is 27.3 Å². The molecule has 120 valence electrons. The highest BCUT2D eigenvalue weighted by Gasteiger charge is 2.22. The van der Waals surface area contributed by atoms with Crippen molar-refractivity contribution >= 4 is 37.3 Å². The Balaban J connectivity index is 1.93. The molecule has 5 nitrogen and oxygen atoms in total. The van der Waals surface area contributed by atoms with Gasteiger partial charge < -0.3 is 10.1 Å². The van der Waals surface area contributed by atoms with Crippen LogP contribution in [-0.4, -0.2) is 34.7 Å². The van der Waals surface area contributed by atoms with Crippen LogP contribution in [0.3, 0.4) is 0 Å². The van der Waals surface area contributed by atoms with Crippen LogP contribution < -0.4 is 10.0 Å². The number of ether oxygens (including phenoxy) is 1. The predicted octanol–water partition coefficient (Wildman–Crippen LogP) is 2.33. The Bertz CT molecular complexity index is 554. The fourth-order valence-corrected chi connectivity index (χ4v) is 5.90. The van der Waals surface area contributed by atoms with Crippen LogP contribution in [0.1, 0.15) is 24.6 Å². The summed E-state index contributed by atoms with van der Waals surface area (Å²) in [6.07, 6.45) is 1.85. The standard InChI is InChI=1S/C13H21BrN2O3S2/c1-2-15-8-11-7-12(13(14)20-11)21(17,18)16-5-3-10-4-6-19-9-10/h7,10,15-16H,2-6,8-9H2,1H3. The van der Waals surface area contributed by atoms with Crippen molar-refractivity contribution in [2.45, 2.75) is 31.2 Å². The van der Waals surface area contributed by atoms with Gasteiger partial charge in [-0.15, -0.1) is 11.3 Å². The van der Waals surface area contributed by atoms with E-state index in [1.807, 2.05) is 6.92 Å². The maximum absolute atomic E-state index is 12.3. The molecule has 1 saturated heterocycles. The van der Waals surface area contributed by atoms with Gasteiger partial charge in [0.05, 0.1) is 3.79 Å². The lowest BCUT2D eigenvalue weighted by Crippen LogP contribution is -2.26. The van der Waals surface area contributed by atoms with E-state index in [1.54, 1.807) is 6.07 Å². The molecular formula is C13H21BrN2O3S2. The molecule has 1 aliphatic heterocycles. The van der Waals surface area contributed by atoms with Crippen molar-refractivity contribution in [1.29, 1.82) is 0 Å². The highest BCUT2D eigenvalue weighted by Crippen LogP contribution is 2.31. The maximum atomic E-state index is 12.3. The SMILES string of the molecule is CCNCc1cc(S(=O)(=O)NCCC2CCOC2)c(Br)s1. The largest absolute Gasteiger partial charge is 0.381 e. The third kappa shape index (κ3) is 5.01. The molecule has 8 heteroatoms. The second-order valence-electron chi connectivity index (χ2n) is 5.05. The number of rotatable bonds is 8. The number of hydrogen-bond acceptors (Lipinski definition) is 5. The summed E-state index contributed by atoms with van der Waals surface area (Å²) in [6.45, 7) is 5.57. The van der Waals surface area contributed by atoms with Gasteiger partial charge in [0.2, 0.25) is 10.0 Å². The molecule has 2 heterocycles. The number of sulfonamides is 1. The van der Waals surface area contributed by atoms with Gasteiger partial charge in [-0.3, -0.25) is 0 Å². The molecule has 21 heavy (non-hydrogen) atoms. The zero-order valence-electron chi connectivity index (χ0n) is 12.0. The lowest BCUT2D eigenvalue weighted by atomic mass is 10.1. The smallest absolute Gasteiger partial charge is 0.242 e. The van der Waals surface area contributed by atoms with Crippen molar-refractivity contribution in [3.63, 3.8) is 0 Å². The maximum Gasteiger partial charge on any atom is 0.242 e. The third-order valence-electron chi connectivity index (χ3n) is 3.41. The normalized spacial score (nSPS) is 19.2. The van der Waals surface area contributed by atoms with E-state index in [9.17, 15) is 8.42 Å². The zero-order chi connectivity index (χ0) is 15.3. The van der Waals surface area contributed by atoms with Crippen LogP contribution in [0.25, 0.3) is 0 Å². The van der Waals surface area contributed by atoms with Gasteiger partial charge in [-0.05, 0) is 47.3 Å². The van der Waals surface area contributed by atoms with E-state index in [-0.39, 0.29) is 0 Å². The van der Waals surface area contributed by atoms with Gasteiger partial charge in [-0.25, -0.2) is 13.1 Å². The summed E-state index contributed by atoms with van der Waals surface area (Å²) in [5, 5.41) is 3.20. The van der Waals surface area contributed by atoms with Crippen molar-refractivity contribution in [2.24, 2.45) is 5.92 Å². The monoisotopic (exact) mass is 396 g/mol. The number of hydrogen-bond donors (Lipinski definition) is 2. The molecule has 1 atom stereocenters. The van der Waals surface area contributed by atoms with Gasteiger partial charge in [0.25, 0.3) is 0 Å². The highest BCUT2D eigenvalue weighted by atomic mass is 79.9. The number of nitrogens with one attached hydrogen (secondary N) is 2. The quantitative estimate of drug-likeness (QED) is 0.707. The van der Waals surface area contributed by atoms with Crippen molar-refractivity contribution in [1.82, 2.24) is 10.0 Å². The van der Waals surface area contributed by atoms with Gasteiger partial charge >= 0.3 is 0 Å². The molecule has 1 aliphatic rings. The molecule has 0 aromatic carbocycles. The van der Waals surface area contributed by atoms with Crippen molar-refractivity contribution in [3.8, 4) is 0 Å². The van der Waals surface area contributed by atoms with E-state index < -0.39 is 10.0 Å². The molecule has 2 rings (SSSR count). The molecule has 0 amide bonds. The molecule has 0 bridgehead atoms. The summed E-state index contributed by atoms with van der Waals surface area (Å²) in [5.41, 5.74) is 0. The van der Waals surface area contributed by atoms with E-state index >= 15 is 0 Å². The van der Waals surface area contributed by atoms with E-state index in [0.29, 0.717) is 27.7 Å². The predicted molar refractivity (Wildman–Crippen MR) is 88.1 cm³/mol. The van der Waals surface area contributed by atoms with E-state index in [2.05, 4.69) is 26.0 Å². The lowest BCUT2D eigenvalue weighted by molar-refractivity contribution is 0.184. The molecule has 1 unspecified atom stereocenters. The van der Waals surface area contributed by atoms with Crippen LogP contribution in [0, 0.1) is 5.92 Å². The first-order valence-corrected chi connectivity index (χ1v) is 10.2. The Morgan fingerprint density at radius 1 is 1.52 bits per heavy atom. The molecule has 1 aromatic heterocycles. The second kappa shape index (κ2) is 8.03. The number of thiophene rings is 1. The fraction of sp³-hybridized carbons (Fsp3) is 0.692.